The molecule has 0 aliphatic carbocycles. The van der Waals surface area contributed by atoms with Crippen LogP contribution in [0.3, 0.4) is 0 Å². The van der Waals surface area contributed by atoms with E-state index in [1.165, 1.54) is 4.31 Å². The van der Waals surface area contributed by atoms with E-state index in [1.54, 1.807) is 29.2 Å². The van der Waals surface area contributed by atoms with Gasteiger partial charge in [0, 0.05) is 17.3 Å². The summed E-state index contributed by atoms with van der Waals surface area (Å²) < 4.78 is 26.4. The molecule has 1 aliphatic heterocycles. The Labute approximate surface area is 165 Å². The summed E-state index contributed by atoms with van der Waals surface area (Å²) in [5.41, 5.74) is 2.38. The zero-order valence-electron chi connectivity index (χ0n) is 15.4. The number of hydrogen-bond acceptors (Lipinski definition) is 3. The Bertz CT molecular complexity index is 946. The number of hydrogen-bond donors (Lipinski definition) is 0. The molecule has 0 N–H and O–H groups in total. The maximum Gasteiger partial charge on any atom is 0.250 e. The minimum Gasteiger partial charge on any atom is -0.310 e. The zero-order chi connectivity index (χ0) is 19.6. The van der Waals surface area contributed by atoms with Gasteiger partial charge < -0.3 is 4.90 Å². The quantitative estimate of drug-likeness (QED) is 0.757. The van der Waals surface area contributed by atoms with Crippen LogP contribution < -0.4 is 9.21 Å². The molecular weight excluding hydrogens is 384 g/mol. The standard InChI is InChI=1S/C20H23ClN2O3S/c1-3-18(23(27(2,25)26)17-11-6-10-16(21)14-17)20(24)22-13-7-9-15-8-4-5-12-19(15)22/h4-6,8,10-12,14,18H,3,7,9,13H2,1-2H3/t18-/m0/s1. The molecular formula is C20H23ClN2O3S. The average molecular weight is 407 g/mol. The summed E-state index contributed by atoms with van der Waals surface area (Å²) in [7, 11) is -3.68. The van der Waals surface area contributed by atoms with Crippen LogP contribution >= 0.6 is 11.6 Å². The van der Waals surface area contributed by atoms with E-state index in [-0.39, 0.29) is 5.91 Å². The summed E-state index contributed by atoms with van der Waals surface area (Å²) in [6, 6.07) is 13.6. The van der Waals surface area contributed by atoms with Crippen LogP contribution in [0.5, 0.6) is 0 Å². The van der Waals surface area contributed by atoms with Crippen molar-refractivity contribution in [1.82, 2.24) is 0 Å². The van der Waals surface area contributed by atoms with Crippen molar-refractivity contribution in [3.63, 3.8) is 0 Å². The van der Waals surface area contributed by atoms with Gasteiger partial charge in [0.05, 0.1) is 11.9 Å². The highest BCUT2D eigenvalue weighted by Crippen LogP contribution is 2.31. The van der Waals surface area contributed by atoms with E-state index in [1.807, 2.05) is 31.2 Å². The van der Waals surface area contributed by atoms with Gasteiger partial charge in [-0.25, -0.2) is 8.42 Å². The van der Waals surface area contributed by atoms with Crippen molar-refractivity contribution in [3.8, 4) is 0 Å². The molecule has 0 saturated carbocycles. The summed E-state index contributed by atoms with van der Waals surface area (Å²) in [6.45, 7) is 2.40. The number of nitrogens with zero attached hydrogens (tertiary/aromatic N) is 2. The molecule has 2 aromatic rings. The fraction of sp³-hybridized carbons (Fsp3) is 0.350. The molecule has 1 atom stereocenters. The number of carbonyl (C=O) groups excluding carboxylic acids is 1. The molecule has 27 heavy (non-hydrogen) atoms. The second-order valence-electron chi connectivity index (χ2n) is 6.68. The maximum absolute atomic E-state index is 13.4. The summed E-state index contributed by atoms with van der Waals surface area (Å²) in [5.74, 6) is -0.213. The number of sulfonamides is 1. The summed E-state index contributed by atoms with van der Waals surface area (Å²) in [4.78, 5) is 15.1. The topological polar surface area (TPSA) is 57.7 Å². The van der Waals surface area contributed by atoms with Gasteiger partial charge in [-0.3, -0.25) is 9.10 Å². The Morgan fingerprint density at radius 2 is 1.96 bits per heavy atom. The van der Waals surface area contributed by atoms with E-state index in [9.17, 15) is 13.2 Å². The lowest BCUT2D eigenvalue weighted by Gasteiger charge is -2.36. The number of carbonyl (C=O) groups is 1. The average Bonchev–Trinajstić information content (AvgIpc) is 2.64. The van der Waals surface area contributed by atoms with Crippen LogP contribution in [0.2, 0.25) is 5.02 Å². The molecule has 0 spiro atoms. The Kier molecular flexibility index (Phi) is 5.77. The van der Waals surface area contributed by atoms with Crippen LogP contribution in [0.4, 0.5) is 11.4 Å². The Morgan fingerprint density at radius 3 is 2.63 bits per heavy atom. The van der Waals surface area contributed by atoms with Crippen LogP contribution in [0.1, 0.15) is 25.3 Å². The van der Waals surface area contributed by atoms with Gasteiger partial charge in [-0.15, -0.1) is 0 Å². The number of anilines is 2. The van der Waals surface area contributed by atoms with Gasteiger partial charge in [0.25, 0.3) is 5.91 Å². The Balaban J connectivity index is 2.03. The summed E-state index contributed by atoms with van der Waals surface area (Å²) in [6.07, 6.45) is 3.25. The van der Waals surface area contributed by atoms with Crippen molar-refractivity contribution in [2.75, 3.05) is 22.0 Å². The minimum atomic E-state index is -3.68. The Hall–Kier alpha value is -2.05. The van der Waals surface area contributed by atoms with Crippen LogP contribution in [0.25, 0.3) is 0 Å². The molecule has 0 unspecified atom stereocenters. The zero-order valence-corrected chi connectivity index (χ0v) is 17.0. The predicted molar refractivity (Wildman–Crippen MR) is 110 cm³/mol. The number of fused-ring (bicyclic) bond motifs is 1. The van der Waals surface area contributed by atoms with Crippen molar-refractivity contribution < 1.29 is 13.2 Å². The fourth-order valence-electron chi connectivity index (χ4n) is 3.60. The number of benzene rings is 2. The SMILES string of the molecule is CC[C@@H](C(=O)N1CCCc2ccccc21)N(c1cccc(Cl)c1)S(C)(=O)=O. The second kappa shape index (κ2) is 7.90. The summed E-state index contributed by atoms with van der Waals surface area (Å²) >= 11 is 6.07. The van der Waals surface area contributed by atoms with Gasteiger partial charge >= 0.3 is 0 Å². The van der Waals surface area contributed by atoms with Gasteiger partial charge in [0.2, 0.25) is 10.0 Å². The van der Waals surface area contributed by atoms with E-state index >= 15 is 0 Å². The van der Waals surface area contributed by atoms with E-state index in [0.717, 1.165) is 30.3 Å². The molecule has 0 radical (unpaired) electrons. The lowest BCUT2D eigenvalue weighted by Crippen LogP contribution is -2.52. The van der Waals surface area contributed by atoms with Crippen LogP contribution in [0, 0.1) is 0 Å². The Morgan fingerprint density at radius 1 is 1.22 bits per heavy atom. The van der Waals surface area contributed by atoms with Gasteiger partial charge in [-0.05, 0) is 49.1 Å². The van der Waals surface area contributed by atoms with E-state index in [2.05, 4.69) is 0 Å². The maximum atomic E-state index is 13.4. The fourth-order valence-corrected chi connectivity index (χ4v) is 4.98. The number of halogens is 1. The molecule has 0 bridgehead atoms. The molecule has 2 aromatic carbocycles. The first kappa shape index (κ1) is 19.7. The smallest absolute Gasteiger partial charge is 0.250 e. The largest absolute Gasteiger partial charge is 0.310 e. The number of amides is 1. The molecule has 0 aromatic heterocycles. The van der Waals surface area contributed by atoms with E-state index in [4.69, 9.17) is 11.6 Å². The van der Waals surface area contributed by atoms with Crippen molar-refractivity contribution in [3.05, 3.63) is 59.1 Å². The molecule has 144 valence electrons. The highest BCUT2D eigenvalue weighted by atomic mass is 35.5. The first-order chi connectivity index (χ1) is 12.8. The molecule has 5 nitrogen and oxygen atoms in total. The second-order valence-corrected chi connectivity index (χ2v) is 8.98. The first-order valence-electron chi connectivity index (χ1n) is 8.97. The van der Waals surface area contributed by atoms with E-state index in [0.29, 0.717) is 23.7 Å². The van der Waals surface area contributed by atoms with Gasteiger partial charge in [0.15, 0.2) is 0 Å². The molecule has 1 amide bonds. The first-order valence-corrected chi connectivity index (χ1v) is 11.2. The molecule has 1 heterocycles. The van der Waals surface area contributed by atoms with Crippen molar-refractivity contribution in [1.29, 1.82) is 0 Å². The third kappa shape index (κ3) is 4.12. The normalized spacial score (nSPS) is 15.1. The van der Waals surface area contributed by atoms with Crippen molar-refractivity contribution >= 4 is 38.9 Å². The van der Waals surface area contributed by atoms with Crippen LogP contribution in [-0.2, 0) is 21.2 Å². The third-order valence-corrected chi connectivity index (χ3v) is 6.17. The van der Waals surface area contributed by atoms with Gasteiger partial charge in [-0.1, -0.05) is 42.8 Å². The summed E-state index contributed by atoms with van der Waals surface area (Å²) in [5, 5.41) is 0.423. The molecule has 1 aliphatic rings. The molecule has 3 rings (SSSR count). The van der Waals surface area contributed by atoms with Gasteiger partial charge in [-0.2, -0.15) is 0 Å². The number of rotatable bonds is 5. The van der Waals surface area contributed by atoms with Crippen LogP contribution in [-0.4, -0.2) is 33.2 Å². The minimum absolute atomic E-state index is 0.213. The molecule has 7 heteroatoms. The highest BCUT2D eigenvalue weighted by molar-refractivity contribution is 7.92. The number of para-hydroxylation sites is 1. The number of aryl methyl sites for hydroxylation is 1. The monoisotopic (exact) mass is 406 g/mol. The molecule has 0 fully saturated rings. The highest BCUT2D eigenvalue weighted by Gasteiger charge is 2.36. The van der Waals surface area contributed by atoms with E-state index < -0.39 is 16.1 Å². The van der Waals surface area contributed by atoms with Crippen LogP contribution in [0.15, 0.2) is 48.5 Å². The van der Waals surface area contributed by atoms with Crippen molar-refractivity contribution in [2.45, 2.75) is 32.2 Å². The lowest BCUT2D eigenvalue weighted by molar-refractivity contribution is -0.119. The lowest BCUT2D eigenvalue weighted by atomic mass is 10.0. The van der Waals surface area contributed by atoms with Gasteiger partial charge in [0.1, 0.15) is 6.04 Å². The third-order valence-electron chi connectivity index (χ3n) is 4.75. The molecule has 0 saturated heterocycles. The predicted octanol–water partition coefficient (Wildman–Crippen LogP) is 3.86. The van der Waals surface area contributed by atoms with Crippen molar-refractivity contribution in [2.24, 2.45) is 0 Å².